The van der Waals surface area contributed by atoms with Gasteiger partial charge in [-0.3, -0.25) is 0 Å². The summed E-state index contributed by atoms with van der Waals surface area (Å²) in [4.78, 5) is 0. The molecule has 6 nitrogen and oxygen atoms in total. The fourth-order valence-electron chi connectivity index (χ4n) is 3.25. The lowest BCUT2D eigenvalue weighted by molar-refractivity contribution is -0.362. The monoisotopic (exact) mass is 358 g/mol. The van der Waals surface area contributed by atoms with Crippen LogP contribution in [-0.2, 0) is 25.6 Å². The van der Waals surface area contributed by atoms with E-state index in [2.05, 4.69) is 0 Å². The van der Waals surface area contributed by atoms with E-state index in [1.165, 1.54) is 0 Å². The van der Waals surface area contributed by atoms with Gasteiger partial charge in [0.25, 0.3) is 0 Å². The molecule has 0 amide bonds. The molecule has 2 aliphatic heterocycles. The zero-order valence-electron chi connectivity index (χ0n) is 14.2. The maximum atomic E-state index is 10.5. The normalized spacial score (nSPS) is 34.2. The Morgan fingerprint density at radius 1 is 0.885 bits per heavy atom. The number of hydrogen-bond acceptors (Lipinski definition) is 6. The standard InChI is InChI=1S/C20H22O6/c21-16-17(22)20(23-11-13-7-3-1-4-8-13)25-15-12-24-19(26-18(15)16)14-9-5-2-6-10-14/h1-10,15-22H,11-12H2/t15-,16+,17-,18+,19-,20-/m0/s1. The molecule has 2 saturated heterocycles. The van der Waals surface area contributed by atoms with Gasteiger partial charge in [0, 0.05) is 5.56 Å². The van der Waals surface area contributed by atoms with Crippen LogP contribution in [0, 0.1) is 0 Å². The summed E-state index contributed by atoms with van der Waals surface area (Å²) < 4.78 is 23.1. The smallest absolute Gasteiger partial charge is 0.187 e. The van der Waals surface area contributed by atoms with Crippen molar-refractivity contribution in [2.75, 3.05) is 6.61 Å². The minimum atomic E-state index is -1.20. The van der Waals surface area contributed by atoms with Crippen molar-refractivity contribution in [3.63, 3.8) is 0 Å². The van der Waals surface area contributed by atoms with Crippen molar-refractivity contribution >= 4 is 0 Å². The van der Waals surface area contributed by atoms with Crippen LogP contribution >= 0.6 is 0 Å². The molecule has 2 aromatic carbocycles. The molecule has 2 aromatic rings. The zero-order chi connectivity index (χ0) is 17.9. The van der Waals surface area contributed by atoms with Crippen molar-refractivity contribution in [2.45, 2.75) is 43.6 Å². The number of ether oxygens (including phenoxy) is 4. The predicted octanol–water partition coefficient (Wildman–Crippen LogP) is 1.76. The third-order valence-corrected chi connectivity index (χ3v) is 4.66. The molecule has 2 heterocycles. The Labute approximate surface area is 151 Å². The van der Waals surface area contributed by atoms with Crippen LogP contribution < -0.4 is 0 Å². The summed E-state index contributed by atoms with van der Waals surface area (Å²) in [5, 5.41) is 20.9. The van der Waals surface area contributed by atoms with E-state index >= 15 is 0 Å². The van der Waals surface area contributed by atoms with Gasteiger partial charge in [0.1, 0.15) is 24.4 Å². The third kappa shape index (κ3) is 3.66. The second-order valence-corrected chi connectivity index (χ2v) is 6.50. The summed E-state index contributed by atoms with van der Waals surface area (Å²) in [7, 11) is 0. The first-order valence-electron chi connectivity index (χ1n) is 8.71. The molecule has 0 bridgehead atoms. The van der Waals surface area contributed by atoms with Crippen LogP contribution in [0.25, 0.3) is 0 Å². The second kappa shape index (κ2) is 7.84. The van der Waals surface area contributed by atoms with Crippen LogP contribution in [0.3, 0.4) is 0 Å². The van der Waals surface area contributed by atoms with Gasteiger partial charge in [-0.25, -0.2) is 0 Å². The van der Waals surface area contributed by atoms with Crippen LogP contribution in [-0.4, -0.2) is 47.5 Å². The highest BCUT2D eigenvalue weighted by Gasteiger charge is 2.49. The minimum absolute atomic E-state index is 0.249. The number of aliphatic hydroxyl groups excluding tert-OH is 2. The second-order valence-electron chi connectivity index (χ2n) is 6.50. The highest BCUT2D eigenvalue weighted by Crippen LogP contribution is 2.34. The van der Waals surface area contributed by atoms with E-state index in [-0.39, 0.29) is 13.2 Å². The van der Waals surface area contributed by atoms with Crippen molar-refractivity contribution in [1.29, 1.82) is 0 Å². The summed E-state index contributed by atoms with van der Waals surface area (Å²) in [6.45, 7) is 0.528. The van der Waals surface area contributed by atoms with E-state index in [0.717, 1.165) is 11.1 Å². The maximum Gasteiger partial charge on any atom is 0.187 e. The average Bonchev–Trinajstić information content (AvgIpc) is 2.71. The van der Waals surface area contributed by atoms with Crippen LogP contribution in [0.5, 0.6) is 0 Å². The van der Waals surface area contributed by atoms with Crippen molar-refractivity contribution in [3.8, 4) is 0 Å². The van der Waals surface area contributed by atoms with Gasteiger partial charge in [-0.2, -0.15) is 0 Å². The number of aliphatic hydroxyl groups is 2. The zero-order valence-corrected chi connectivity index (χ0v) is 14.2. The van der Waals surface area contributed by atoms with Crippen LogP contribution in [0.2, 0.25) is 0 Å². The first-order chi connectivity index (χ1) is 12.7. The Kier molecular flexibility index (Phi) is 5.31. The van der Waals surface area contributed by atoms with Crippen molar-refractivity contribution in [1.82, 2.24) is 0 Å². The molecule has 0 radical (unpaired) electrons. The molecule has 0 aliphatic carbocycles. The molecule has 2 fully saturated rings. The van der Waals surface area contributed by atoms with Gasteiger partial charge in [-0.1, -0.05) is 60.7 Å². The van der Waals surface area contributed by atoms with Gasteiger partial charge < -0.3 is 29.2 Å². The van der Waals surface area contributed by atoms with Crippen molar-refractivity contribution < 1.29 is 29.2 Å². The summed E-state index contributed by atoms with van der Waals surface area (Å²) in [5.41, 5.74) is 1.82. The minimum Gasteiger partial charge on any atom is -0.387 e. The summed E-state index contributed by atoms with van der Waals surface area (Å²) in [5.74, 6) is 0. The molecule has 6 atom stereocenters. The molecule has 0 spiro atoms. The molecular formula is C20H22O6. The fourth-order valence-corrected chi connectivity index (χ4v) is 3.25. The van der Waals surface area contributed by atoms with E-state index in [9.17, 15) is 10.2 Å². The lowest BCUT2D eigenvalue weighted by Gasteiger charge is -2.46. The lowest BCUT2D eigenvalue weighted by atomic mass is 9.98. The van der Waals surface area contributed by atoms with Gasteiger partial charge in [-0.05, 0) is 5.56 Å². The maximum absolute atomic E-state index is 10.5. The van der Waals surface area contributed by atoms with Gasteiger partial charge in [0.2, 0.25) is 0 Å². The Bertz CT molecular complexity index is 692. The van der Waals surface area contributed by atoms with E-state index in [4.69, 9.17) is 18.9 Å². The first kappa shape index (κ1) is 17.6. The molecule has 26 heavy (non-hydrogen) atoms. The first-order valence-corrected chi connectivity index (χ1v) is 8.71. The van der Waals surface area contributed by atoms with E-state index in [0.29, 0.717) is 0 Å². The largest absolute Gasteiger partial charge is 0.387 e. The highest BCUT2D eigenvalue weighted by atomic mass is 16.8. The Hall–Kier alpha value is -1.80. The summed E-state index contributed by atoms with van der Waals surface area (Å²) >= 11 is 0. The molecule has 0 saturated carbocycles. The topological polar surface area (TPSA) is 77.4 Å². The van der Waals surface area contributed by atoms with E-state index < -0.39 is 37.0 Å². The quantitative estimate of drug-likeness (QED) is 0.867. The van der Waals surface area contributed by atoms with Gasteiger partial charge >= 0.3 is 0 Å². The highest BCUT2D eigenvalue weighted by molar-refractivity contribution is 5.17. The van der Waals surface area contributed by atoms with E-state index in [1.807, 2.05) is 60.7 Å². The van der Waals surface area contributed by atoms with Crippen LogP contribution in [0.15, 0.2) is 60.7 Å². The third-order valence-electron chi connectivity index (χ3n) is 4.66. The Balaban J connectivity index is 1.40. The van der Waals surface area contributed by atoms with Gasteiger partial charge in [0.15, 0.2) is 12.6 Å². The SMILES string of the molecule is O[C@@H]1[C@@H](OCc2ccccc2)O[C@H]2CO[C@H](c3ccccc3)O[C@H]2[C@@H]1O. The molecular weight excluding hydrogens is 336 g/mol. The predicted molar refractivity (Wildman–Crippen MR) is 91.9 cm³/mol. The number of rotatable bonds is 4. The molecule has 4 rings (SSSR count). The Morgan fingerprint density at radius 2 is 1.58 bits per heavy atom. The van der Waals surface area contributed by atoms with Crippen LogP contribution in [0.4, 0.5) is 0 Å². The fraction of sp³-hybridized carbons (Fsp3) is 0.400. The summed E-state index contributed by atoms with van der Waals surface area (Å²) in [6.07, 6.45) is -5.04. The Morgan fingerprint density at radius 3 is 2.31 bits per heavy atom. The molecule has 0 unspecified atom stereocenters. The van der Waals surface area contributed by atoms with Crippen LogP contribution in [0.1, 0.15) is 17.4 Å². The summed E-state index contributed by atoms with van der Waals surface area (Å²) in [6, 6.07) is 19.1. The number of benzene rings is 2. The number of hydrogen-bond donors (Lipinski definition) is 2. The average molecular weight is 358 g/mol. The van der Waals surface area contributed by atoms with Gasteiger partial charge in [0.05, 0.1) is 13.2 Å². The van der Waals surface area contributed by atoms with Crippen molar-refractivity contribution in [2.24, 2.45) is 0 Å². The van der Waals surface area contributed by atoms with Crippen molar-refractivity contribution in [3.05, 3.63) is 71.8 Å². The van der Waals surface area contributed by atoms with Gasteiger partial charge in [-0.15, -0.1) is 0 Å². The van der Waals surface area contributed by atoms with E-state index in [1.54, 1.807) is 0 Å². The lowest BCUT2D eigenvalue weighted by Crippen LogP contribution is -2.62. The molecule has 2 N–H and O–H groups in total. The molecule has 0 aromatic heterocycles. The number of fused-ring (bicyclic) bond motifs is 1. The molecule has 138 valence electrons. The molecule has 2 aliphatic rings. The molecule has 6 heteroatoms.